The zero-order valence-electron chi connectivity index (χ0n) is 15.5. The summed E-state index contributed by atoms with van der Waals surface area (Å²) in [6.07, 6.45) is 0. The molecular weight excluding hydrogens is 342 g/mol. The Morgan fingerprint density at radius 2 is 1.67 bits per heavy atom. The van der Waals surface area contributed by atoms with Crippen molar-refractivity contribution in [1.29, 1.82) is 0 Å². The number of aromatic nitrogens is 2. The van der Waals surface area contributed by atoms with Crippen molar-refractivity contribution in [1.82, 2.24) is 9.97 Å². The van der Waals surface area contributed by atoms with E-state index in [2.05, 4.69) is 15.3 Å². The molecule has 27 heavy (non-hydrogen) atoms. The van der Waals surface area contributed by atoms with E-state index in [0.29, 0.717) is 35.4 Å². The van der Waals surface area contributed by atoms with Crippen LogP contribution in [-0.2, 0) is 0 Å². The molecule has 1 N–H and O–H groups in total. The molecule has 3 aromatic rings. The number of nitrogens with one attached hydrogen (secondary N) is 1. The molecule has 0 aliphatic heterocycles. The van der Waals surface area contributed by atoms with Crippen LogP contribution in [0.3, 0.4) is 0 Å². The van der Waals surface area contributed by atoms with Gasteiger partial charge in [0, 0.05) is 22.6 Å². The molecule has 0 aliphatic rings. The van der Waals surface area contributed by atoms with Gasteiger partial charge in [-0.2, -0.15) is 0 Å². The molecule has 6 nitrogen and oxygen atoms in total. The van der Waals surface area contributed by atoms with Crippen molar-refractivity contribution >= 4 is 11.6 Å². The molecule has 1 amide bonds. The van der Waals surface area contributed by atoms with Crippen molar-refractivity contribution in [3.63, 3.8) is 0 Å². The Morgan fingerprint density at radius 1 is 0.963 bits per heavy atom. The minimum atomic E-state index is -0.206. The first kappa shape index (κ1) is 18.4. The van der Waals surface area contributed by atoms with Gasteiger partial charge in [-0.05, 0) is 69.3 Å². The lowest BCUT2D eigenvalue weighted by Gasteiger charge is -2.09. The van der Waals surface area contributed by atoms with Crippen LogP contribution < -0.4 is 14.8 Å². The fourth-order valence-electron chi connectivity index (χ4n) is 2.55. The van der Waals surface area contributed by atoms with Crippen molar-refractivity contribution in [2.45, 2.75) is 20.8 Å². The van der Waals surface area contributed by atoms with E-state index in [0.717, 1.165) is 11.4 Å². The first-order valence-electron chi connectivity index (χ1n) is 8.68. The van der Waals surface area contributed by atoms with Crippen LogP contribution in [0.5, 0.6) is 17.5 Å². The number of carbonyl (C=O) groups is 1. The number of nitrogens with zero attached hydrogens (tertiary/aromatic N) is 2. The van der Waals surface area contributed by atoms with Gasteiger partial charge in [0.2, 0.25) is 0 Å². The Morgan fingerprint density at radius 3 is 2.33 bits per heavy atom. The van der Waals surface area contributed by atoms with Crippen LogP contribution in [0, 0.1) is 13.8 Å². The average Bonchev–Trinajstić information content (AvgIpc) is 2.63. The molecular formula is C21H21N3O3. The van der Waals surface area contributed by atoms with E-state index in [1.165, 1.54) is 0 Å². The van der Waals surface area contributed by atoms with Crippen molar-refractivity contribution in [2.75, 3.05) is 11.9 Å². The standard InChI is InChI=1S/C21H21N3O3/c1-4-26-19-7-5-6-16(13-19)20(25)24-17-8-10-18(11-9-17)27-21-22-14(2)12-15(3)23-21/h5-13H,4H2,1-3H3,(H,24,25). The summed E-state index contributed by atoms with van der Waals surface area (Å²) >= 11 is 0. The van der Waals surface area contributed by atoms with E-state index >= 15 is 0 Å². The summed E-state index contributed by atoms with van der Waals surface area (Å²) in [6.45, 7) is 6.23. The molecule has 0 saturated heterocycles. The number of aryl methyl sites for hydroxylation is 2. The number of benzene rings is 2. The highest BCUT2D eigenvalue weighted by atomic mass is 16.5. The van der Waals surface area contributed by atoms with Gasteiger partial charge in [0.15, 0.2) is 0 Å². The van der Waals surface area contributed by atoms with Crippen LogP contribution in [0.1, 0.15) is 28.7 Å². The second-order valence-corrected chi connectivity index (χ2v) is 5.97. The Bertz CT molecular complexity index is 919. The van der Waals surface area contributed by atoms with Gasteiger partial charge in [-0.15, -0.1) is 0 Å². The highest BCUT2D eigenvalue weighted by Gasteiger charge is 2.08. The van der Waals surface area contributed by atoms with Gasteiger partial charge in [-0.25, -0.2) is 9.97 Å². The van der Waals surface area contributed by atoms with Crippen LogP contribution >= 0.6 is 0 Å². The van der Waals surface area contributed by atoms with Gasteiger partial charge in [0.1, 0.15) is 11.5 Å². The predicted octanol–water partition coefficient (Wildman–Crippen LogP) is 4.54. The highest BCUT2D eigenvalue weighted by molar-refractivity contribution is 6.04. The lowest BCUT2D eigenvalue weighted by atomic mass is 10.2. The number of carbonyl (C=O) groups excluding carboxylic acids is 1. The van der Waals surface area contributed by atoms with Crippen LogP contribution in [0.4, 0.5) is 5.69 Å². The topological polar surface area (TPSA) is 73.3 Å². The molecule has 0 spiro atoms. The summed E-state index contributed by atoms with van der Waals surface area (Å²) < 4.78 is 11.1. The number of amides is 1. The van der Waals surface area contributed by atoms with E-state index in [-0.39, 0.29) is 5.91 Å². The Hall–Kier alpha value is -3.41. The number of hydrogen-bond acceptors (Lipinski definition) is 5. The Labute approximate surface area is 158 Å². The van der Waals surface area contributed by atoms with Crippen molar-refractivity contribution in [3.8, 4) is 17.5 Å². The molecule has 2 aromatic carbocycles. The van der Waals surface area contributed by atoms with Crippen molar-refractivity contribution in [3.05, 3.63) is 71.5 Å². The van der Waals surface area contributed by atoms with E-state index in [4.69, 9.17) is 9.47 Å². The van der Waals surface area contributed by atoms with Crippen molar-refractivity contribution < 1.29 is 14.3 Å². The molecule has 0 atom stereocenters. The number of ether oxygens (including phenoxy) is 2. The molecule has 6 heteroatoms. The SMILES string of the molecule is CCOc1cccc(C(=O)Nc2ccc(Oc3nc(C)cc(C)n3)cc2)c1. The molecule has 1 heterocycles. The monoisotopic (exact) mass is 363 g/mol. The van der Waals surface area contributed by atoms with Gasteiger partial charge in [-0.3, -0.25) is 4.79 Å². The summed E-state index contributed by atoms with van der Waals surface area (Å²) in [4.78, 5) is 20.9. The van der Waals surface area contributed by atoms with Gasteiger partial charge < -0.3 is 14.8 Å². The minimum absolute atomic E-state index is 0.206. The lowest BCUT2D eigenvalue weighted by molar-refractivity contribution is 0.102. The highest BCUT2D eigenvalue weighted by Crippen LogP contribution is 2.22. The second kappa shape index (κ2) is 8.31. The van der Waals surface area contributed by atoms with Gasteiger partial charge in [0.05, 0.1) is 6.61 Å². The van der Waals surface area contributed by atoms with Crippen LogP contribution in [-0.4, -0.2) is 22.5 Å². The summed E-state index contributed by atoms with van der Waals surface area (Å²) in [7, 11) is 0. The fourth-order valence-corrected chi connectivity index (χ4v) is 2.55. The smallest absolute Gasteiger partial charge is 0.322 e. The largest absolute Gasteiger partial charge is 0.494 e. The maximum absolute atomic E-state index is 12.4. The first-order chi connectivity index (χ1) is 13.0. The third-order valence-electron chi connectivity index (χ3n) is 3.69. The Balaban J connectivity index is 1.66. The molecule has 0 bridgehead atoms. The van der Waals surface area contributed by atoms with E-state index < -0.39 is 0 Å². The van der Waals surface area contributed by atoms with Crippen LogP contribution in [0.25, 0.3) is 0 Å². The molecule has 0 aliphatic carbocycles. The third kappa shape index (κ3) is 5.04. The zero-order valence-corrected chi connectivity index (χ0v) is 15.5. The number of hydrogen-bond donors (Lipinski definition) is 1. The van der Waals surface area contributed by atoms with E-state index in [9.17, 15) is 4.79 Å². The predicted molar refractivity (Wildman–Crippen MR) is 104 cm³/mol. The van der Waals surface area contributed by atoms with Crippen molar-refractivity contribution in [2.24, 2.45) is 0 Å². The fraction of sp³-hybridized carbons (Fsp3) is 0.190. The number of rotatable bonds is 6. The molecule has 138 valence electrons. The van der Waals surface area contributed by atoms with Gasteiger partial charge in [-0.1, -0.05) is 6.07 Å². The maximum Gasteiger partial charge on any atom is 0.322 e. The summed E-state index contributed by atoms with van der Waals surface area (Å²) in [6, 6.07) is 16.3. The maximum atomic E-state index is 12.4. The second-order valence-electron chi connectivity index (χ2n) is 5.97. The first-order valence-corrected chi connectivity index (χ1v) is 8.68. The lowest BCUT2D eigenvalue weighted by Crippen LogP contribution is -2.11. The van der Waals surface area contributed by atoms with Gasteiger partial charge in [0.25, 0.3) is 5.91 Å². The van der Waals surface area contributed by atoms with Gasteiger partial charge >= 0.3 is 6.01 Å². The third-order valence-corrected chi connectivity index (χ3v) is 3.69. The minimum Gasteiger partial charge on any atom is -0.494 e. The van der Waals surface area contributed by atoms with E-state index in [1.807, 2.05) is 32.9 Å². The van der Waals surface area contributed by atoms with E-state index in [1.54, 1.807) is 42.5 Å². The summed E-state index contributed by atoms with van der Waals surface area (Å²) in [5.74, 6) is 1.06. The molecule has 0 saturated carbocycles. The molecule has 0 fully saturated rings. The quantitative estimate of drug-likeness (QED) is 0.696. The summed E-state index contributed by atoms with van der Waals surface area (Å²) in [5.41, 5.74) is 2.88. The normalized spacial score (nSPS) is 10.3. The Kier molecular flexibility index (Phi) is 5.66. The number of anilines is 1. The summed E-state index contributed by atoms with van der Waals surface area (Å²) in [5, 5.41) is 2.86. The van der Waals surface area contributed by atoms with Crippen LogP contribution in [0.2, 0.25) is 0 Å². The van der Waals surface area contributed by atoms with Crippen LogP contribution in [0.15, 0.2) is 54.6 Å². The zero-order chi connectivity index (χ0) is 19.2. The average molecular weight is 363 g/mol. The molecule has 0 radical (unpaired) electrons. The molecule has 3 rings (SSSR count). The molecule has 1 aromatic heterocycles. The molecule has 0 unspecified atom stereocenters.